The first-order valence-electron chi connectivity index (χ1n) is 13.6. The summed E-state index contributed by atoms with van der Waals surface area (Å²) in [5.74, 6) is 0.738. The number of likely N-dealkylation sites (N-methyl/N-ethyl adjacent to an activating group) is 2. The summed E-state index contributed by atoms with van der Waals surface area (Å²) in [5.41, 5.74) is 2.78. The number of para-hydroxylation sites is 1. The van der Waals surface area contributed by atoms with Gasteiger partial charge in [0.1, 0.15) is 0 Å². The normalized spacial score (nSPS) is 22.3. The Bertz CT molecular complexity index is 1290. The maximum absolute atomic E-state index is 12.6. The predicted octanol–water partition coefficient (Wildman–Crippen LogP) is 4.65. The van der Waals surface area contributed by atoms with Crippen molar-refractivity contribution in [3.8, 4) is 11.3 Å². The van der Waals surface area contributed by atoms with E-state index in [2.05, 4.69) is 38.2 Å². The molecule has 202 valence electrons. The number of anilines is 1. The lowest BCUT2D eigenvalue weighted by molar-refractivity contribution is -0.125. The van der Waals surface area contributed by atoms with Crippen molar-refractivity contribution in [3.05, 3.63) is 53.8 Å². The Balaban J connectivity index is 1.21. The third-order valence-corrected chi connectivity index (χ3v) is 8.20. The summed E-state index contributed by atoms with van der Waals surface area (Å²) in [6, 6.07) is 9.31. The zero-order chi connectivity index (χ0) is 26.6. The zero-order valence-electron chi connectivity index (χ0n) is 22.5. The van der Waals surface area contributed by atoms with Gasteiger partial charge in [-0.05, 0) is 59.3 Å². The van der Waals surface area contributed by atoms with Gasteiger partial charge in [-0.1, -0.05) is 35.9 Å². The van der Waals surface area contributed by atoms with Crippen LogP contribution in [0.3, 0.4) is 0 Å². The molecule has 1 saturated heterocycles. The van der Waals surface area contributed by atoms with E-state index in [4.69, 9.17) is 16.6 Å². The summed E-state index contributed by atoms with van der Waals surface area (Å²) in [6.45, 7) is 2.40. The summed E-state index contributed by atoms with van der Waals surface area (Å²) in [7, 11) is 6.23. The Morgan fingerprint density at radius 1 is 1.21 bits per heavy atom. The molecule has 1 amide bonds. The molecule has 2 N–H and O–H groups in total. The molecule has 0 radical (unpaired) electrons. The van der Waals surface area contributed by atoms with Gasteiger partial charge in [0.15, 0.2) is 0 Å². The van der Waals surface area contributed by atoms with Gasteiger partial charge in [0.25, 0.3) is 0 Å². The van der Waals surface area contributed by atoms with Crippen molar-refractivity contribution in [2.75, 3.05) is 46.1 Å². The van der Waals surface area contributed by atoms with E-state index >= 15 is 0 Å². The standard InChI is InChI=1S/C29H38ClN7O/c1-35(2)14-7-12-27(38)37-15-13-22(19-37)36(3)21-9-6-8-20(16-21)33-29-32-18-25(30)28(34-29)24-17-31-26-11-5-4-10-23(24)26/h4-5,7,10-12,17-18,20-22,31H,6,8-9,13-16,19H2,1-3H3,(H,32,33,34)/b12-7+/t20-,21+,22-/m1/s1. The first-order valence-corrected chi connectivity index (χ1v) is 13.9. The predicted molar refractivity (Wildman–Crippen MR) is 154 cm³/mol. The van der Waals surface area contributed by atoms with Crippen LogP contribution in [-0.2, 0) is 4.79 Å². The van der Waals surface area contributed by atoms with Gasteiger partial charge in [0.2, 0.25) is 11.9 Å². The summed E-state index contributed by atoms with van der Waals surface area (Å²) in [5, 5.41) is 5.23. The van der Waals surface area contributed by atoms with Crippen LogP contribution < -0.4 is 5.32 Å². The fourth-order valence-electron chi connectivity index (χ4n) is 5.78. The maximum Gasteiger partial charge on any atom is 0.246 e. The fraction of sp³-hybridized carbons (Fsp3) is 0.483. The minimum absolute atomic E-state index is 0.122. The number of aromatic amines is 1. The number of carbonyl (C=O) groups is 1. The molecule has 1 aliphatic heterocycles. The van der Waals surface area contributed by atoms with E-state index in [-0.39, 0.29) is 5.91 Å². The summed E-state index contributed by atoms with van der Waals surface area (Å²) in [4.78, 5) is 31.8. The van der Waals surface area contributed by atoms with Crippen molar-refractivity contribution in [1.82, 2.24) is 29.7 Å². The van der Waals surface area contributed by atoms with Crippen molar-refractivity contribution in [2.45, 2.75) is 50.2 Å². The molecule has 1 aromatic carbocycles. The van der Waals surface area contributed by atoms with Crippen LogP contribution in [0, 0.1) is 0 Å². The molecule has 2 aromatic heterocycles. The Hall–Kier alpha value is -2.94. The highest BCUT2D eigenvalue weighted by Gasteiger charge is 2.33. The molecule has 2 aliphatic rings. The average molecular weight is 536 g/mol. The number of H-pyrrole nitrogens is 1. The second-order valence-electron chi connectivity index (χ2n) is 10.9. The Kier molecular flexibility index (Phi) is 8.31. The highest BCUT2D eigenvalue weighted by molar-refractivity contribution is 6.33. The van der Waals surface area contributed by atoms with Gasteiger partial charge in [0.05, 0.1) is 16.9 Å². The van der Waals surface area contributed by atoms with Crippen molar-refractivity contribution in [1.29, 1.82) is 0 Å². The number of carbonyl (C=O) groups excluding carboxylic acids is 1. The molecule has 38 heavy (non-hydrogen) atoms. The van der Waals surface area contributed by atoms with E-state index in [0.717, 1.165) is 67.5 Å². The average Bonchev–Trinajstić information content (AvgIpc) is 3.57. The molecule has 0 unspecified atom stereocenters. The number of amides is 1. The van der Waals surface area contributed by atoms with Crippen LogP contribution in [0.5, 0.6) is 0 Å². The highest BCUT2D eigenvalue weighted by Crippen LogP contribution is 2.33. The van der Waals surface area contributed by atoms with Crippen LogP contribution in [0.15, 0.2) is 48.8 Å². The lowest BCUT2D eigenvalue weighted by Gasteiger charge is -2.38. The Morgan fingerprint density at radius 2 is 2.05 bits per heavy atom. The number of fused-ring (bicyclic) bond motifs is 1. The van der Waals surface area contributed by atoms with E-state index in [1.54, 1.807) is 12.3 Å². The van der Waals surface area contributed by atoms with Crippen LogP contribution in [0.1, 0.15) is 32.1 Å². The van der Waals surface area contributed by atoms with Gasteiger partial charge < -0.3 is 20.1 Å². The van der Waals surface area contributed by atoms with Crippen LogP contribution in [0.4, 0.5) is 5.95 Å². The van der Waals surface area contributed by atoms with Crippen molar-refractivity contribution in [2.24, 2.45) is 0 Å². The van der Waals surface area contributed by atoms with Crippen molar-refractivity contribution < 1.29 is 4.79 Å². The highest BCUT2D eigenvalue weighted by atomic mass is 35.5. The number of hydrogen-bond acceptors (Lipinski definition) is 6. The molecule has 1 saturated carbocycles. The van der Waals surface area contributed by atoms with Gasteiger partial charge >= 0.3 is 0 Å². The molecule has 0 spiro atoms. The molecule has 0 bridgehead atoms. The van der Waals surface area contributed by atoms with E-state index in [0.29, 0.717) is 29.1 Å². The molecule has 5 rings (SSSR count). The van der Waals surface area contributed by atoms with Crippen molar-refractivity contribution >= 4 is 34.4 Å². The van der Waals surface area contributed by atoms with Gasteiger partial charge in [-0.3, -0.25) is 9.69 Å². The van der Waals surface area contributed by atoms with Crippen LogP contribution in [0.25, 0.3) is 22.2 Å². The largest absolute Gasteiger partial charge is 0.360 e. The number of hydrogen-bond donors (Lipinski definition) is 2. The molecule has 9 heteroatoms. The molecule has 3 atom stereocenters. The SMILES string of the molecule is CN(C)C/C=C/C(=O)N1CC[C@@H](N(C)[C@H]2CCC[C@@H](Nc3ncc(Cl)c(-c4c[nH]c5ccccc45)n3)C2)C1. The van der Waals surface area contributed by atoms with E-state index < -0.39 is 0 Å². The third kappa shape index (κ3) is 6.03. The topological polar surface area (TPSA) is 80.4 Å². The second-order valence-corrected chi connectivity index (χ2v) is 11.3. The van der Waals surface area contributed by atoms with Crippen molar-refractivity contribution in [3.63, 3.8) is 0 Å². The quantitative estimate of drug-likeness (QED) is 0.409. The molecule has 3 aromatic rings. The first-order chi connectivity index (χ1) is 18.4. The van der Waals surface area contributed by atoms with E-state index in [9.17, 15) is 4.79 Å². The van der Waals surface area contributed by atoms with Crippen LogP contribution in [-0.4, -0.2) is 94.5 Å². The van der Waals surface area contributed by atoms with Crippen LogP contribution >= 0.6 is 11.6 Å². The summed E-state index contributed by atoms with van der Waals surface area (Å²) < 4.78 is 0. The van der Waals surface area contributed by atoms with E-state index in [1.165, 1.54) is 6.42 Å². The number of benzene rings is 1. The minimum Gasteiger partial charge on any atom is -0.360 e. The summed E-state index contributed by atoms with van der Waals surface area (Å²) >= 11 is 6.54. The molecule has 1 aliphatic carbocycles. The number of likely N-dealkylation sites (tertiary alicyclic amines) is 1. The van der Waals surface area contributed by atoms with Gasteiger partial charge in [0, 0.05) is 66.5 Å². The fourth-order valence-corrected chi connectivity index (χ4v) is 5.98. The number of nitrogens with one attached hydrogen (secondary N) is 2. The lowest BCUT2D eigenvalue weighted by atomic mass is 9.89. The molecular weight excluding hydrogens is 498 g/mol. The Labute approximate surface area is 230 Å². The molecular formula is C29H38ClN7O. The zero-order valence-corrected chi connectivity index (χ0v) is 23.3. The first kappa shape index (κ1) is 26.7. The Morgan fingerprint density at radius 3 is 2.89 bits per heavy atom. The molecule has 3 heterocycles. The van der Waals surface area contributed by atoms with Gasteiger partial charge in [-0.25, -0.2) is 9.97 Å². The number of rotatable bonds is 8. The molecule has 2 fully saturated rings. The second kappa shape index (κ2) is 11.8. The number of nitrogens with zero attached hydrogens (tertiary/aromatic N) is 5. The third-order valence-electron chi connectivity index (χ3n) is 7.93. The minimum atomic E-state index is 0.122. The van der Waals surface area contributed by atoms with Crippen LogP contribution in [0.2, 0.25) is 5.02 Å². The smallest absolute Gasteiger partial charge is 0.246 e. The van der Waals surface area contributed by atoms with Gasteiger partial charge in [-0.15, -0.1) is 0 Å². The number of halogens is 1. The summed E-state index contributed by atoms with van der Waals surface area (Å²) in [6.07, 6.45) is 12.8. The van der Waals surface area contributed by atoms with E-state index in [1.807, 2.05) is 49.5 Å². The molecule has 8 nitrogen and oxygen atoms in total. The maximum atomic E-state index is 12.6. The monoisotopic (exact) mass is 535 g/mol. The number of aromatic nitrogens is 3. The van der Waals surface area contributed by atoms with Gasteiger partial charge in [-0.2, -0.15) is 0 Å². The lowest BCUT2D eigenvalue weighted by Crippen LogP contribution is -2.46.